The molecule has 2 aliphatic rings. The Balaban J connectivity index is 1.61. The molecule has 1 aliphatic heterocycles. The van der Waals surface area contributed by atoms with Gasteiger partial charge in [-0.3, -0.25) is 4.90 Å². The van der Waals surface area contributed by atoms with Crippen LogP contribution in [-0.2, 0) is 11.3 Å². The van der Waals surface area contributed by atoms with Crippen molar-refractivity contribution in [1.82, 2.24) is 4.90 Å². The Morgan fingerprint density at radius 2 is 1.86 bits per heavy atom. The van der Waals surface area contributed by atoms with Gasteiger partial charge < -0.3 is 4.74 Å². The number of benzene rings is 1. The smallest absolute Gasteiger partial charge is 0.414 e. The third-order valence-corrected chi connectivity index (χ3v) is 4.54. The molecule has 116 valence electrons. The minimum absolute atomic E-state index is 0.147. The summed E-state index contributed by atoms with van der Waals surface area (Å²) in [4.78, 5) is 14.2. The second-order valence-corrected chi connectivity index (χ2v) is 6.06. The Hall–Kier alpha value is -2.03. The van der Waals surface area contributed by atoms with Crippen LogP contribution in [0.4, 0.5) is 4.79 Å². The van der Waals surface area contributed by atoms with Crippen LogP contribution in [-0.4, -0.2) is 17.0 Å². The summed E-state index contributed by atoms with van der Waals surface area (Å²) in [6.45, 7) is 0.325. The molecule has 0 radical (unpaired) electrons. The number of ether oxygens (including phenoxy) is 1. The minimum Gasteiger partial charge on any atom is -0.444 e. The molecule has 0 spiro atoms. The van der Waals surface area contributed by atoms with Gasteiger partial charge in [0.15, 0.2) is 0 Å². The zero-order chi connectivity index (χ0) is 15.2. The molecule has 1 amide bonds. The molecule has 1 atom stereocenters. The van der Waals surface area contributed by atoms with Gasteiger partial charge in [0.1, 0.15) is 6.61 Å². The molecule has 1 aliphatic carbocycles. The predicted molar refractivity (Wildman–Crippen MR) is 87.1 cm³/mol. The van der Waals surface area contributed by atoms with E-state index in [-0.39, 0.29) is 12.1 Å². The van der Waals surface area contributed by atoms with Crippen LogP contribution in [0.3, 0.4) is 0 Å². The summed E-state index contributed by atoms with van der Waals surface area (Å²) in [5.41, 5.74) is 1.02. The molecule has 0 bridgehead atoms. The van der Waals surface area contributed by atoms with E-state index < -0.39 is 0 Å². The fraction of sp³-hybridized carbons (Fsp3) is 0.421. The lowest BCUT2D eigenvalue weighted by Crippen LogP contribution is -2.41. The third-order valence-electron chi connectivity index (χ3n) is 4.54. The van der Waals surface area contributed by atoms with Crippen LogP contribution in [0.15, 0.2) is 54.8 Å². The van der Waals surface area contributed by atoms with Crippen molar-refractivity contribution in [3.63, 3.8) is 0 Å². The SMILES string of the molecule is O=C(OCc1ccccc1)N1C=CC=C[C@H]1C1CCCCC1. The van der Waals surface area contributed by atoms with Gasteiger partial charge in [0.05, 0.1) is 6.04 Å². The lowest BCUT2D eigenvalue weighted by molar-refractivity contribution is 0.0909. The van der Waals surface area contributed by atoms with Gasteiger partial charge in [-0.25, -0.2) is 4.79 Å². The largest absolute Gasteiger partial charge is 0.444 e. The molecular weight excluding hydrogens is 274 g/mol. The summed E-state index contributed by atoms with van der Waals surface area (Å²) >= 11 is 0. The predicted octanol–water partition coefficient (Wildman–Crippen LogP) is 4.66. The van der Waals surface area contributed by atoms with E-state index in [0.717, 1.165) is 5.56 Å². The number of hydrogen-bond donors (Lipinski definition) is 0. The first-order valence-electron chi connectivity index (χ1n) is 8.18. The highest BCUT2D eigenvalue weighted by molar-refractivity contribution is 5.70. The fourth-order valence-electron chi connectivity index (χ4n) is 3.35. The van der Waals surface area contributed by atoms with Crippen LogP contribution in [0.1, 0.15) is 37.7 Å². The molecule has 3 heteroatoms. The van der Waals surface area contributed by atoms with Crippen molar-refractivity contribution >= 4 is 6.09 Å². The van der Waals surface area contributed by atoms with Gasteiger partial charge in [-0.15, -0.1) is 0 Å². The average molecular weight is 297 g/mol. The highest BCUT2D eigenvalue weighted by Gasteiger charge is 2.30. The Bertz CT molecular complexity index is 544. The first-order chi connectivity index (χ1) is 10.8. The number of hydrogen-bond acceptors (Lipinski definition) is 2. The van der Waals surface area contributed by atoms with Crippen LogP contribution < -0.4 is 0 Å². The molecule has 3 nitrogen and oxygen atoms in total. The molecule has 22 heavy (non-hydrogen) atoms. The Morgan fingerprint density at radius 1 is 1.09 bits per heavy atom. The highest BCUT2D eigenvalue weighted by Crippen LogP contribution is 2.31. The zero-order valence-electron chi connectivity index (χ0n) is 12.9. The third kappa shape index (κ3) is 3.59. The van der Waals surface area contributed by atoms with Gasteiger partial charge in [-0.05, 0) is 30.4 Å². The van der Waals surface area contributed by atoms with Gasteiger partial charge in [0.2, 0.25) is 0 Å². The van der Waals surface area contributed by atoms with Gasteiger partial charge >= 0.3 is 6.09 Å². The molecule has 1 aromatic carbocycles. The van der Waals surface area contributed by atoms with Gasteiger partial charge in [0.25, 0.3) is 0 Å². The Kier molecular flexibility index (Phi) is 4.94. The van der Waals surface area contributed by atoms with Crippen molar-refractivity contribution in [3.05, 3.63) is 60.3 Å². The minimum atomic E-state index is -0.250. The molecule has 1 saturated carbocycles. The number of amides is 1. The van der Waals surface area contributed by atoms with E-state index >= 15 is 0 Å². The molecular formula is C19H23NO2. The zero-order valence-corrected chi connectivity index (χ0v) is 12.9. The maximum absolute atomic E-state index is 12.4. The fourth-order valence-corrected chi connectivity index (χ4v) is 3.35. The number of carbonyl (C=O) groups is 1. The van der Waals surface area contributed by atoms with Crippen molar-refractivity contribution in [1.29, 1.82) is 0 Å². The normalized spacial score (nSPS) is 21.8. The Labute approximate surface area is 132 Å². The quantitative estimate of drug-likeness (QED) is 0.812. The van der Waals surface area contributed by atoms with E-state index in [2.05, 4.69) is 6.08 Å². The molecule has 1 aromatic rings. The molecule has 0 aromatic heterocycles. The molecule has 3 rings (SSSR count). The van der Waals surface area contributed by atoms with Crippen LogP contribution >= 0.6 is 0 Å². The van der Waals surface area contributed by atoms with E-state index in [1.54, 1.807) is 4.90 Å². The van der Waals surface area contributed by atoms with Gasteiger partial charge in [0, 0.05) is 6.20 Å². The maximum Gasteiger partial charge on any atom is 0.414 e. The second kappa shape index (κ2) is 7.30. The summed E-state index contributed by atoms with van der Waals surface area (Å²) in [6, 6.07) is 9.96. The number of carbonyl (C=O) groups excluding carboxylic acids is 1. The summed E-state index contributed by atoms with van der Waals surface area (Å²) in [5, 5.41) is 0. The summed E-state index contributed by atoms with van der Waals surface area (Å²) in [7, 11) is 0. The summed E-state index contributed by atoms with van der Waals surface area (Å²) in [5.74, 6) is 0.555. The number of allylic oxidation sites excluding steroid dienone is 2. The lowest BCUT2D eigenvalue weighted by atomic mass is 9.82. The monoisotopic (exact) mass is 297 g/mol. The topological polar surface area (TPSA) is 29.5 Å². The summed E-state index contributed by atoms with van der Waals surface area (Å²) in [6.07, 6.45) is 13.9. The van der Waals surface area contributed by atoms with Crippen molar-refractivity contribution in [3.8, 4) is 0 Å². The highest BCUT2D eigenvalue weighted by atomic mass is 16.6. The van der Waals surface area contributed by atoms with E-state index in [1.807, 2.05) is 48.7 Å². The second-order valence-electron chi connectivity index (χ2n) is 6.06. The van der Waals surface area contributed by atoms with Crippen molar-refractivity contribution in [2.75, 3.05) is 0 Å². The van der Waals surface area contributed by atoms with E-state index in [0.29, 0.717) is 12.5 Å². The van der Waals surface area contributed by atoms with Gasteiger partial charge in [-0.1, -0.05) is 61.7 Å². The van der Waals surface area contributed by atoms with Gasteiger partial charge in [-0.2, -0.15) is 0 Å². The lowest BCUT2D eigenvalue weighted by Gasteiger charge is -2.35. The van der Waals surface area contributed by atoms with Crippen molar-refractivity contribution < 1.29 is 9.53 Å². The number of rotatable bonds is 3. The molecule has 1 fully saturated rings. The first kappa shape index (κ1) is 14.9. The van der Waals surface area contributed by atoms with E-state index in [4.69, 9.17) is 4.74 Å². The number of nitrogens with zero attached hydrogens (tertiary/aromatic N) is 1. The van der Waals surface area contributed by atoms with Crippen molar-refractivity contribution in [2.24, 2.45) is 5.92 Å². The Morgan fingerprint density at radius 3 is 2.64 bits per heavy atom. The van der Waals surface area contributed by atoms with Crippen LogP contribution in [0.5, 0.6) is 0 Å². The maximum atomic E-state index is 12.4. The first-order valence-corrected chi connectivity index (χ1v) is 8.18. The molecule has 0 unspecified atom stereocenters. The standard InChI is InChI=1S/C19H23NO2/c21-19(22-15-16-9-3-1-4-10-16)20-14-8-7-13-18(20)17-11-5-2-6-12-17/h1,3-4,7-10,13-14,17-18H,2,5-6,11-12,15H2/t18-/m0/s1. The van der Waals surface area contributed by atoms with Crippen LogP contribution in [0.25, 0.3) is 0 Å². The van der Waals surface area contributed by atoms with E-state index in [9.17, 15) is 4.79 Å². The van der Waals surface area contributed by atoms with Crippen LogP contribution in [0.2, 0.25) is 0 Å². The molecule has 1 heterocycles. The van der Waals surface area contributed by atoms with Crippen molar-refractivity contribution in [2.45, 2.75) is 44.8 Å². The average Bonchev–Trinajstić information content (AvgIpc) is 2.61. The molecule has 0 N–H and O–H groups in total. The summed E-state index contributed by atoms with van der Waals surface area (Å²) < 4.78 is 5.49. The van der Waals surface area contributed by atoms with Crippen LogP contribution in [0, 0.1) is 5.92 Å². The van der Waals surface area contributed by atoms with E-state index in [1.165, 1.54) is 32.1 Å². The molecule has 0 saturated heterocycles.